The molecule has 0 aliphatic carbocycles. The number of aromatic nitrogens is 2. The zero-order valence-corrected chi connectivity index (χ0v) is 16.6. The third-order valence-corrected chi connectivity index (χ3v) is 4.90. The molecule has 1 saturated heterocycles. The van der Waals surface area contributed by atoms with Crippen molar-refractivity contribution in [2.45, 2.75) is 39.7 Å². The molecule has 1 aromatic carbocycles. The number of amides is 2. The number of nitro groups is 1. The van der Waals surface area contributed by atoms with Gasteiger partial charge in [0.2, 0.25) is 11.8 Å². The molecule has 2 heterocycles. The maximum atomic E-state index is 12.5. The minimum atomic E-state index is -0.503. The predicted octanol–water partition coefficient (Wildman–Crippen LogP) is 2.57. The Labute approximate surface area is 167 Å². The Hall–Kier alpha value is -3.43. The van der Waals surface area contributed by atoms with E-state index in [0.29, 0.717) is 35.8 Å². The number of anilines is 2. The summed E-state index contributed by atoms with van der Waals surface area (Å²) in [5.74, 6) is 0.187. The molecule has 0 saturated carbocycles. The number of methoxy groups -OCH3 is 1. The summed E-state index contributed by atoms with van der Waals surface area (Å²) in [6.45, 7) is 3.52. The molecule has 29 heavy (non-hydrogen) atoms. The molecule has 1 aromatic heterocycles. The number of hydrogen-bond donors (Lipinski definition) is 1. The van der Waals surface area contributed by atoms with Gasteiger partial charge in [0.15, 0.2) is 0 Å². The number of nitrogens with zero attached hydrogens (tertiary/aromatic N) is 4. The minimum Gasteiger partial charge on any atom is -0.495 e. The van der Waals surface area contributed by atoms with Crippen LogP contribution in [-0.4, -0.2) is 40.2 Å². The van der Waals surface area contributed by atoms with Crippen molar-refractivity contribution in [3.8, 4) is 5.75 Å². The Morgan fingerprint density at radius 1 is 1.34 bits per heavy atom. The molecular formula is C19H23N5O5. The van der Waals surface area contributed by atoms with Gasteiger partial charge < -0.3 is 15.0 Å². The van der Waals surface area contributed by atoms with Crippen molar-refractivity contribution in [1.82, 2.24) is 9.78 Å². The number of hydrogen-bond acceptors (Lipinski definition) is 6. The van der Waals surface area contributed by atoms with Gasteiger partial charge >= 0.3 is 5.69 Å². The largest absolute Gasteiger partial charge is 0.495 e. The lowest BCUT2D eigenvalue weighted by molar-refractivity contribution is -0.386. The molecule has 0 unspecified atom stereocenters. The van der Waals surface area contributed by atoms with Crippen molar-refractivity contribution in [2.75, 3.05) is 23.9 Å². The van der Waals surface area contributed by atoms with Crippen molar-refractivity contribution >= 4 is 28.9 Å². The summed E-state index contributed by atoms with van der Waals surface area (Å²) in [5.41, 5.74) is 1.60. The van der Waals surface area contributed by atoms with Crippen LogP contribution in [0.3, 0.4) is 0 Å². The summed E-state index contributed by atoms with van der Waals surface area (Å²) in [5, 5.41) is 18.0. The van der Waals surface area contributed by atoms with Crippen LogP contribution in [0.1, 0.15) is 30.7 Å². The van der Waals surface area contributed by atoms with E-state index in [9.17, 15) is 19.7 Å². The molecule has 0 radical (unpaired) electrons. The second-order valence-corrected chi connectivity index (χ2v) is 6.87. The Morgan fingerprint density at radius 3 is 2.72 bits per heavy atom. The van der Waals surface area contributed by atoms with E-state index >= 15 is 0 Å². The zero-order chi connectivity index (χ0) is 21.1. The van der Waals surface area contributed by atoms with Crippen LogP contribution < -0.4 is 15.0 Å². The van der Waals surface area contributed by atoms with Crippen molar-refractivity contribution in [2.24, 2.45) is 0 Å². The first-order valence-corrected chi connectivity index (χ1v) is 9.28. The molecule has 1 aliphatic rings. The van der Waals surface area contributed by atoms with Gasteiger partial charge in [-0.2, -0.15) is 5.10 Å². The fraction of sp³-hybridized carbons (Fsp3) is 0.421. The van der Waals surface area contributed by atoms with E-state index in [1.165, 1.54) is 18.7 Å². The van der Waals surface area contributed by atoms with Crippen LogP contribution in [0.5, 0.6) is 5.75 Å². The van der Waals surface area contributed by atoms with E-state index < -0.39 is 4.92 Å². The Morgan fingerprint density at radius 2 is 2.10 bits per heavy atom. The highest BCUT2D eigenvalue weighted by Crippen LogP contribution is 2.33. The number of nitrogens with one attached hydrogen (secondary N) is 1. The topological polar surface area (TPSA) is 120 Å². The van der Waals surface area contributed by atoms with E-state index in [4.69, 9.17) is 4.74 Å². The van der Waals surface area contributed by atoms with Gasteiger partial charge in [-0.1, -0.05) is 0 Å². The van der Waals surface area contributed by atoms with Crippen LogP contribution in [-0.2, 0) is 16.1 Å². The molecule has 1 aliphatic heterocycles. The first-order chi connectivity index (χ1) is 13.8. The number of carbonyl (C=O) groups excluding carboxylic acids is 2. The van der Waals surface area contributed by atoms with Gasteiger partial charge in [-0.25, -0.2) is 0 Å². The minimum absolute atomic E-state index is 0.0213. The summed E-state index contributed by atoms with van der Waals surface area (Å²) >= 11 is 0. The smallest absolute Gasteiger partial charge is 0.312 e. The number of ether oxygens (including phenoxy) is 1. The summed E-state index contributed by atoms with van der Waals surface area (Å²) in [7, 11) is 1.53. The van der Waals surface area contributed by atoms with E-state index in [-0.39, 0.29) is 29.7 Å². The lowest BCUT2D eigenvalue weighted by Crippen LogP contribution is -2.35. The van der Waals surface area contributed by atoms with Gasteiger partial charge in [0.25, 0.3) is 0 Å². The molecule has 2 aromatic rings. The molecular weight excluding hydrogens is 378 g/mol. The Bertz CT molecular complexity index is 968. The molecule has 0 atom stereocenters. The highest BCUT2D eigenvalue weighted by atomic mass is 16.6. The van der Waals surface area contributed by atoms with Gasteiger partial charge in [0.05, 0.1) is 17.7 Å². The second-order valence-electron chi connectivity index (χ2n) is 6.87. The van der Waals surface area contributed by atoms with Crippen LogP contribution in [0.4, 0.5) is 17.1 Å². The normalized spacial score (nSPS) is 14.0. The maximum Gasteiger partial charge on any atom is 0.312 e. The number of benzene rings is 1. The molecule has 10 heteroatoms. The number of rotatable bonds is 6. The Balaban J connectivity index is 1.79. The highest BCUT2D eigenvalue weighted by Gasteiger charge is 2.24. The second kappa shape index (κ2) is 8.29. The van der Waals surface area contributed by atoms with Gasteiger partial charge in [-0.05, 0) is 44.9 Å². The van der Waals surface area contributed by atoms with Gasteiger partial charge in [0, 0.05) is 18.7 Å². The SMILES string of the molecule is COc1ccc(NC(=O)Cn2nc(C)c([N+](=O)[O-])c2C)cc1N1CCCCC1=O. The predicted molar refractivity (Wildman–Crippen MR) is 106 cm³/mol. The van der Waals surface area contributed by atoms with Gasteiger partial charge in [-0.15, -0.1) is 0 Å². The molecule has 2 amide bonds. The standard InChI is InChI=1S/C19H23N5O5/c1-12-19(24(27)28)13(2)23(21-12)11-17(25)20-14-7-8-16(29-3)15(10-14)22-9-5-4-6-18(22)26/h7-8,10H,4-6,9,11H2,1-3H3,(H,20,25). The van der Waals surface area contributed by atoms with Crippen molar-refractivity contribution in [3.63, 3.8) is 0 Å². The summed E-state index contributed by atoms with van der Waals surface area (Å²) in [4.78, 5) is 37.0. The third-order valence-electron chi connectivity index (χ3n) is 4.90. The number of piperidine rings is 1. The summed E-state index contributed by atoms with van der Waals surface area (Å²) in [6, 6.07) is 5.07. The van der Waals surface area contributed by atoms with E-state index in [2.05, 4.69) is 10.4 Å². The quantitative estimate of drug-likeness (QED) is 0.587. The number of aryl methyl sites for hydroxylation is 1. The first kappa shape index (κ1) is 20.3. The summed E-state index contributed by atoms with van der Waals surface area (Å²) < 4.78 is 6.68. The van der Waals surface area contributed by atoms with Gasteiger partial charge in [-0.3, -0.25) is 24.4 Å². The van der Waals surface area contributed by atoms with Crippen LogP contribution in [0.25, 0.3) is 0 Å². The van der Waals surface area contributed by atoms with Crippen molar-refractivity contribution in [3.05, 3.63) is 39.7 Å². The van der Waals surface area contributed by atoms with Gasteiger partial charge in [0.1, 0.15) is 23.7 Å². The fourth-order valence-electron chi connectivity index (χ4n) is 3.48. The van der Waals surface area contributed by atoms with E-state index in [1.54, 1.807) is 30.0 Å². The maximum absolute atomic E-state index is 12.5. The monoisotopic (exact) mass is 401 g/mol. The fourth-order valence-corrected chi connectivity index (χ4v) is 3.48. The molecule has 154 valence electrons. The molecule has 1 fully saturated rings. The lowest BCUT2D eigenvalue weighted by atomic mass is 10.1. The molecule has 1 N–H and O–H groups in total. The van der Waals surface area contributed by atoms with Crippen LogP contribution in [0, 0.1) is 24.0 Å². The van der Waals surface area contributed by atoms with Crippen LogP contribution in [0.15, 0.2) is 18.2 Å². The average molecular weight is 401 g/mol. The van der Waals surface area contributed by atoms with Crippen molar-refractivity contribution in [1.29, 1.82) is 0 Å². The first-order valence-electron chi connectivity index (χ1n) is 9.28. The van der Waals surface area contributed by atoms with E-state index in [0.717, 1.165) is 12.8 Å². The third kappa shape index (κ3) is 4.20. The van der Waals surface area contributed by atoms with Crippen LogP contribution >= 0.6 is 0 Å². The Kier molecular flexibility index (Phi) is 5.81. The molecule has 10 nitrogen and oxygen atoms in total. The van der Waals surface area contributed by atoms with Crippen LogP contribution in [0.2, 0.25) is 0 Å². The average Bonchev–Trinajstić information content (AvgIpc) is 2.95. The number of carbonyl (C=O) groups is 2. The highest BCUT2D eigenvalue weighted by molar-refractivity contribution is 5.97. The molecule has 3 rings (SSSR count). The zero-order valence-electron chi connectivity index (χ0n) is 16.6. The van der Waals surface area contributed by atoms with E-state index in [1.807, 2.05) is 0 Å². The molecule has 0 bridgehead atoms. The summed E-state index contributed by atoms with van der Waals surface area (Å²) in [6.07, 6.45) is 2.25. The molecule has 0 spiro atoms. The lowest BCUT2D eigenvalue weighted by Gasteiger charge is -2.28. The van der Waals surface area contributed by atoms with Crippen molar-refractivity contribution < 1.29 is 19.2 Å².